The summed E-state index contributed by atoms with van der Waals surface area (Å²) in [6, 6.07) is 8.18. The zero-order valence-corrected chi connectivity index (χ0v) is 9.73. The fraction of sp³-hybridized carbons (Fsp3) is 0.0909. The van der Waals surface area contributed by atoms with Crippen molar-refractivity contribution in [3.63, 3.8) is 0 Å². The van der Waals surface area contributed by atoms with E-state index in [4.69, 9.17) is 0 Å². The summed E-state index contributed by atoms with van der Waals surface area (Å²) in [6.07, 6.45) is 0. The van der Waals surface area contributed by atoms with Gasteiger partial charge < -0.3 is 0 Å². The molecule has 0 amide bonds. The number of nitrogens with zero attached hydrogens (tertiary/aromatic N) is 2. The van der Waals surface area contributed by atoms with Crippen LogP contribution in [-0.4, -0.2) is 9.97 Å². The van der Waals surface area contributed by atoms with Gasteiger partial charge in [0.15, 0.2) is 10.0 Å². The van der Waals surface area contributed by atoms with Crippen LogP contribution in [0.2, 0.25) is 0 Å². The minimum Gasteiger partial charge on any atom is -0.239 e. The van der Waals surface area contributed by atoms with Gasteiger partial charge in [-0.1, -0.05) is 12.1 Å². The summed E-state index contributed by atoms with van der Waals surface area (Å²) in [5, 5.41) is 4.10. The highest BCUT2D eigenvalue weighted by atomic mass is 32.1. The Bertz CT molecular complexity index is 577. The summed E-state index contributed by atoms with van der Waals surface area (Å²) >= 11 is 3.36. The minimum absolute atomic E-state index is 1.02. The Morgan fingerprint density at radius 1 is 1.07 bits per heavy atom. The monoisotopic (exact) mass is 232 g/mol. The summed E-state index contributed by atoms with van der Waals surface area (Å²) in [5.74, 6) is 0. The lowest BCUT2D eigenvalue weighted by molar-refractivity contribution is 1.26. The van der Waals surface area contributed by atoms with Gasteiger partial charge in [0.05, 0.1) is 10.2 Å². The molecule has 4 heteroatoms. The Morgan fingerprint density at radius 2 is 1.93 bits per heavy atom. The predicted octanol–water partition coefficient (Wildman–Crippen LogP) is 3.73. The van der Waals surface area contributed by atoms with Gasteiger partial charge in [-0.15, -0.1) is 22.7 Å². The lowest BCUT2D eigenvalue weighted by Crippen LogP contribution is -1.74. The van der Waals surface area contributed by atoms with Crippen molar-refractivity contribution in [1.82, 2.24) is 9.97 Å². The van der Waals surface area contributed by atoms with E-state index in [1.165, 1.54) is 4.70 Å². The topological polar surface area (TPSA) is 25.8 Å². The lowest BCUT2D eigenvalue weighted by Gasteiger charge is -1.83. The average molecular weight is 232 g/mol. The highest BCUT2D eigenvalue weighted by molar-refractivity contribution is 7.25. The molecule has 0 fully saturated rings. The quantitative estimate of drug-likeness (QED) is 0.639. The van der Waals surface area contributed by atoms with E-state index in [9.17, 15) is 0 Å². The summed E-state index contributed by atoms with van der Waals surface area (Å²) in [4.78, 5) is 9.01. The Balaban J connectivity index is 2.19. The maximum Gasteiger partial charge on any atom is 0.153 e. The van der Waals surface area contributed by atoms with Gasteiger partial charge in [0.25, 0.3) is 0 Å². The second kappa shape index (κ2) is 3.40. The summed E-state index contributed by atoms with van der Waals surface area (Å²) in [5.41, 5.74) is 2.12. The van der Waals surface area contributed by atoms with Crippen molar-refractivity contribution in [1.29, 1.82) is 0 Å². The van der Waals surface area contributed by atoms with E-state index in [0.29, 0.717) is 0 Å². The summed E-state index contributed by atoms with van der Waals surface area (Å²) in [7, 11) is 0. The number of hydrogen-bond acceptors (Lipinski definition) is 4. The first-order chi connectivity index (χ1) is 7.33. The molecule has 0 radical (unpaired) electrons. The minimum atomic E-state index is 1.02. The van der Waals surface area contributed by atoms with Crippen molar-refractivity contribution in [2.24, 2.45) is 0 Å². The predicted molar refractivity (Wildman–Crippen MR) is 65.5 cm³/mol. The number of rotatable bonds is 1. The number of benzene rings is 1. The van der Waals surface area contributed by atoms with E-state index in [-0.39, 0.29) is 0 Å². The Hall–Kier alpha value is -1.26. The fourth-order valence-corrected chi connectivity index (χ4v) is 3.21. The molecular formula is C11H8N2S2. The summed E-state index contributed by atoms with van der Waals surface area (Å²) in [6.45, 7) is 2.01. The fourth-order valence-electron chi connectivity index (χ4n) is 1.42. The SMILES string of the molecule is Cc1csc(-c2nc3ccccc3s2)n1. The number of hydrogen-bond donors (Lipinski definition) is 0. The standard InChI is InChI=1S/C11H8N2S2/c1-7-6-14-10(12-7)11-13-8-4-2-3-5-9(8)15-11/h2-6H,1H3. The number of fused-ring (bicyclic) bond motifs is 1. The Labute approximate surface area is 95.3 Å². The third-order valence-corrected chi connectivity index (χ3v) is 4.24. The molecular weight excluding hydrogens is 224 g/mol. The van der Waals surface area contributed by atoms with Crippen LogP contribution in [0.3, 0.4) is 0 Å². The van der Waals surface area contributed by atoms with E-state index in [1.807, 2.05) is 25.1 Å². The van der Waals surface area contributed by atoms with E-state index >= 15 is 0 Å². The maximum atomic E-state index is 4.56. The van der Waals surface area contributed by atoms with E-state index in [2.05, 4.69) is 21.4 Å². The zero-order valence-electron chi connectivity index (χ0n) is 8.10. The molecule has 2 aromatic heterocycles. The Morgan fingerprint density at radius 3 is 2.67 bits per heavy atom. The zero-order chi connectivity index (χ0) is 10.3. The van der Waals surface area contributed by atoms with Crippen LogP contribution in [0.15, 0.2) is 29.6 Å². The molecule has 3 aromatic rings. The van der Waals surface area contributed by atoms with Gasteiger partial charge in [0.1, 0.15) is 0 Å². The van der Waals surface area contributed by atoms with Crippen molar-refractivity contribution >= 4 is 32.9 Å². The first kappa shape index (κ1) is 9.00. The first-order valence-electron chi connectivity index (χ1n) is 4.61. The van der Waals surface area contributed by atoms with Crippen LogP contribution in [0, 0.1) is 6.92 Å². The van der Waals surface area contributed by atoms with E-state index in [0.717, 1.165) is 21.2 Å². The van der Waals surface area contributed by atoms with Crippen molar-refractivity contribution < 1.29 is 0 Å². The van der Waals surface area contributed by atoms with Gasteiger partial charge >= 0.3 is 0 Å². The van der Waals surface area contributed by atoms with Crippen molar-refractivity contribution in [2.45, 2.75) is 6.92 Å². The third-order valence-electron chi connectivity index (χ3n) is 2.10. The molecule has 0 spiro atoms. The number of thiazole rings is 2. The molecule has 0 aliphatic heterocycles. The highest BCUT2D eigenvalue weighted by Gasteiger charge is 2.08. The van der Waals surface area contributed by atoms with Crippen LogP contribution in [0.25, 0.3) is 20.2 Å². The van der Waals surface area contributed by atoms with Crippen LogP contribution in [0.4, 0.5) is 0 Å². The first-order valence-corrected chi connectivity index (χ1v) is 6.30. The molecule has 0 unspecified atom stereocenters. The Kier molecular flexibility index (Phi) is 2.04. The molecule has 0 N–H and O–H groups in total. The third kappa shape index (κ3) is 1.56. The van der Waals surface area contributed by atoms with Gasteiger partial charge in [-0.3, -0.25) is 0 Å². The average Bonchev–Trinajstić information content (AvgIpc) is 2.82. The summed E-state index contributed by atoms with van der Waals surface area (Å²) < 4.78 is 1.22. The van der Waals surface area contributed by atoms with Crippen LogP contribution >= 0.6 is 22.7 Å². The van der Waals surface area contributed by atoms with Gasteiger partial charge in [0, 0.05) is 11.1 Å². The van der Waals surface area contributed by atoms with Crippen molar-refractivity contribution in [3.8, 4) is 10.0 Å². The molecule has 0 saturated heterocycles. The molecule has 1 aromatic carbocycles. The smallest absolute Gasteiger partial charge is 0.153 e. The van der Waals surface area contributed by atoms with Gasteiger partial charge in [-0.25, -0.2) is 9.97 Å². The second-order valence-corrected chi connectivity index (χ2v) is 5.17. The molecule has 0 aliphatic carbocycles. The molecule has 15 heavy (non-hydrogen) atoms. The molecule has 3 rings (SSSR count). The van der Waals surface area contributed by atoms with Crippen LogP contribution in [0.1, 0.15) is 5.69 Å². The van der Waals surface area contributed by atoms with Crippen molar-refractivity contribution in [3.05, 3.63) is 35.3 Å². The van der Waals surface area contributed by atoms with Crippen LogP contribution in [0.5, 0.6) is 0 Å². The van der Waals surface area contributed by atoms with Crippen molar-refractivity contribution in [2.75, 3.05) is 0 Å². The van der Waals surface area contributed by atoms with E-state index < -0.39 is 0 Å². The molecule has 74 valence electrons. The molecule has 0 saturated carbocycles. The largest absolute Gasteiger partial charge is 0.239 e. The molecule has 2 heterocycles. The maximum absolute atomic E-state index is 4.56. The molecule has 2 nitrogen and oxygen atoms in total. The van der Waals surface area contributed by atoms with Crippen LogP contribution < -0.4 is 0 Å². The van der Waals surface area contributed by atoms with Gasteiger partial charge in [0.2, 0.25) is 0 Å². The molecule has 0 atom stereocenters. The lowest BCUT2D eigenvalue weighted by atomic mass is 10.3. The number of aromatic nitrogens is 2. The highest BCUT2D eigenvalue weighted by Crippen LogP contribution is 2.31. The second-order valence-electron chi connectivity index (χ2n) is 3.28. The number of aryl methyl sites for hydroxylation is 1. The normalized spacial score (nSPS) is 11.0. The van der Waals surface area contributed by atoms with Gasteiger partial charge in [-0.2, -0.15) is 0 Å². The van der Waals surface area contributed by atoms with Crippen LogP contribution in [-0.2, 0) is 0 Å². The molecule has 0 bridgehead atoms. The van der Waals surface area contributed by atoms with Gasteiger partial charge in [-0.05, 0) is 19.1 Å². The van der Waals surface area contributed by atoms with E-state index in [1.54, 1.807) is 22.7 Å². The molecule has 0 aliphatic rings. The number of para-hydroxylation sites is 1.